The molecule has 1 saturated heterocycles. The molecule has 0 amide bonds. The summed E-state index contributed by atoms with van der Waals surface area (Å²) in [7, 11) is 0. The van der Waals surface area contributed by atoms with Gasteiger partial charge < -0.3 is 15.5 Å². The van der Waals surface area contributed by atoms with Gasteiger partial charge in [-0.05, 0) is 18.1 Å². The Bertz CT molecular complexity index is 153. The summed E-state index contributed by atoms with van der Waals surface area (Å²) in [5, 5.41) is 32.8. The summed E-state index contributed by atoms with van der Waals surface area (Å²) in [5.41, 5.74) is 0. The Labute approximate surface area is 63.9 Å². The minimum atomic E-state index is -0.341. The third kappa shape index (κ3) is 1.94. The van der Waals surface area contributed by atoms with Crippen molar-refractivity contribution >= 4 is 0 Å². The summed E-state index contributed by atoms with van der Waals surface area (Å²) in [6.07, 6.45) is 0.703. The van der Waals surface area contributed by atoms with Crippen LogP contribution in [-0.2, 0) is 0 Å². The van der Waals surface area contributed by atoms with E-state index in [-0.39, 0.29) is 11.1 Å². The van der Waals surface area contributed by atoms with Gasteiger partial charge in [0.15, 0.2) is 0 Å². The number of aliphatic hydroxyl groups is 1. The first-order chi connectivity index (χ1) is 5.24. The van der Waals surface area contributed by atoms with Crippen LogP contribution in [0.1, 0.15) is 12.8 Å². The van der Waals surface area contributed by atoms with Gasteiger partial charge in [0.2, 0.25) is 0 Å². The van der Waals surface area contributed by atoms with Gasteiger partial charge in [0.1, 0.15) is 0 Å². The van der Waals surface area contributed by atoms with E-state index in [0.717, 1.165) is 0 Å². The van der Waals surface area contributed by atoms with Crippen LogP contribution in [0.3, 0.4) is 0 Å². The molecule has 11 heavy (non-hydrogen) atoms. The van der Waals surface area contributed by atoms with E-state index in [1.54, 1.807) is 0 Å². The molecule has 0 atom stereocenters. The number of piperidine rings is 1. The lowest BCUT2D eigenvalue weighted by Crippen LogP contribution is -2.39. The van der Waals surface area contributed by atoms with Gasteiger partial charge in [0.25, 0.3) is 0 Å². The second kappa shape index (κ2) is 3.38. The normalized spacial score (nSPS) is 22.3. The molecule has 1 fully saturated rings. The van der Waals surface area contributed by atoms with Crippen molar-refractivity contribution in [3.8, 4) is 0 Å². The molecule has 0 aliphatic carbocycles. The topological polar surface area (TPSA) is 85.0 Å². The Morgan fingerprint density at radius 1 is 1.45 bits per heavy atom. The van der Waals surface area contributed by atoms with Crippen molar-refractivity contribution in [2.75, 3.05) is 13.1 Å². The molecule has 0 aromatic carbocycles. The molecule has 0 bridgehead atoms. The number of hydrogen-bond donors (Lipinski definition) is 1. The predicted octanol–water partition coefficient (Wildman–Crippen LogP) is -0.182. The fourth-order valence-corrected chi connectivity index (χ4v) is 1.07. The smallest absolute Gasteiger partial charge is 0.0792 e. The molecule has 0 unspecified atom stereocenters. The van der Waals surface area contributed by atoms with Crippen molar-refractivity contribution in [3.63, 3.8) is 0 Å². The molecular weight excluding hydrogens is 150 g/mol. The van der Waals surface area contributed by atoms with Gasteiger partial charge in [0.05, 0.1) is 19.2 Å². The Hall–Kier alpha value is -1.04. The van der Waals surface area contributed by atoms with Crippen molar-refractivity contribution in [2.24, 2.45) is 5.28 Å². The van der Waals surface area contributed by atoms with E-state index in [2.05, 4.69) is 5.28 Å². The Morgan fingerprint density at radius 2 is 2.00 bits per heavy atom. The van der Waals surface area contributed by atoms with Crippen LogP contribution in [0.2, 0.25) is 0 Å². The predicted molar refractivity (Wildman–Crippen MR) is 36.2 cm³/mol. The minimum Gasteiger partial charge on any atom is -0.737 e. The highest BCUT2D eigenvalue weighted by atomic mass is 16.6. The maximum absolute atomic E-state index is 10.6. The molecule has 1 rings (SSSR count). The number of aliphatic hydroxyl groups excluding tert-OH is 1. The molecule has 1 aliphatic heterocycles. The van der Waals surface area contributed by atoms with Gasteiger partial charge in [-0.2, -0.15) is 0 Å². The zero-order chi connectivity index (χ0) is 8.27. The van der Waals surface area contributed by atoms with E-state index in [9.17, 15) is 10.4 Å². The van der Waals surface area contributed by atoms with E-state index < -0.39 is 0 Å². The van der Waals surface area contributed by atoms with Crippen LogP contribution in [0, 0.1) is 10.4 Å². The second-order valence-corrected chi connectivity index (χ2v) is 2.52. The molecule has 64 valence electrons. The van der Waals surface area contributed by atoms with Crippen molar-refractivity contribution < 1.29 is 10.1 Å². The average molecular weight is 160 g/mol. The summed E-state index contributed by atoms with van der Waals surface area (Å²) in [4.78, 5) is 0.0336. The van der Waals surface area contributed by atoms with E-state index in [0.29, 0.717) is 25.9 Å². The first-order valence-electron chi connectivity index (χ1n) is 3.47. The average Bonchev–Trinajstić information content (AvgIpc) is 2.05. The number of hydrogen-bond acceptors (Lipinski definition) is 4. The SMILES string of the molecule is [O-]/N=[N+](\[O-])N1CCC(O)CC1. The van der Waals surface area contributed by atoms with Crippen LogP contribution in [0.4, 0.5) is 0 Å². The molecule has 1 heterocycles. The first kappa shape index (κ1) is 8.06. The largest absolute Gasteiger partial charge is 0.737 e. The second-order valence-electron chi connectivity index (χ2n) is 2.52. The highest BCUT2D eigenvalue weighted by Crippen LogP contribution is 2.09. The van der Waals surface area contributed by atoms with E-state index in [1.165, 1.54) is 5.01 Å². The molecule has 1 aliphatic rings. The number of rotatable bonds is 1. The quantitative estimate of drug-likeness (QED) is 0.327. The third-order valence-corrected chi connectivity index (χ3v) is 1.75. The molecule has 1 N–H and O–H groups in total. The molecule has 0 saturated carbocycles. The van der Waals surface area contributed by atoms with Crippen LogP contribution in [-0.4, -0.2) is 34.3 Å². The van der Waals surface area contributed by atoms with E-state index >= 15 is 0 Å². The molecule has 6 heteroatoms. The van der Waals surface area contributed by atoms with Gasteiger partial charge >= 0.3 is 0 Å². The molecule has 0 aromatic heterocycles. The third-order valence-electron chi connectivity index (χ3n) is 1.75. The highest BCUT2D eigenvalue weighted by Gasteiger charge is 2.20. The molecule has 0 aromatic rings. The van der Waals surface area contributed by atoms with Crippen molar-refractivity contribution in [3.05, 3.63) is 10.4 Å². The van der Waals surface area contributed by atoms with E-state index in [4.69, 9.17) is 5.11 Å². The van der Waals surface area contributed by atoms with Crippen molar-refractivity contribution in [1.29, 1.82) is 0 Å². The van der Waals surface area contributed by atoms with Gasteiger partial charge in [-0.1, -0.05) is 0 Å². The lowest BCUT2D eigenvalue weighted by Gasteiger charge is -2.25. The standard InChI is InChI=1S/C5H11N3O3/c9-5-1-3-7(4-2-5)8(11)6-10/h5,9-10H,1-4H2/p-1/b8-6-. The lowest BCUT2D eigenvalue weighted by molar-refractivity contribution is -0.692. The van der Waals surface area contributed by atoms with E-state index in [1.807, 2.05) is 0 Å². The molecule has 0 radical (unpaired) electrons. The first-order valence-corrected chi connectivity index (χ1v) is 3.47. The maximum atomic E-state index is 10.6. The Morgan fingerprint density at radius 3 is 2.45 bits per heavy atom. The van der Waals surface area contributed by atoms with Gasteiger partial charge in [-0.15, -0.1) is 5.01 Å². The molecule has 6 nitrogen and oxygen atoms in total. The van der Waals surface area contributed by atoms with Gasteiger partial charge in [-0.3, -0.25) is 0 Å². The fraction of sp³-hybridized carbons (Fsp3) is 1.00. The molecule has 0 spiro atoms. The summed E-state index contributed by atoms with van der Waals surface area (Å²) >= 11 is 0. The van der Waals surface area contributed by atoms with Crippen LogP contribution in [0.25, 0.3) is 0 Å². The van der Waals surface area contributed by atoms with Crippen molar-refractivity contribution in [2.45, 2.75) is 18.9 Å². The van der Waals surface area contributed by atoms with Crippen molar-refractivity contribution in [1.82, 2.24) is 5.01 Å². The fourth-order valence-electron chi connectivity index (χ4n) is 1.07. The monoisotopic (exact) mass is 160 g/mol. The summed E-state index contributed by atoms with van der Waals surface area (Å²) in [6.45, 7) is 0.798. The maximum Gasteiger partial charge on any atom is 0.0792 e. The van der Waals surface area contributed by atoms with Gasteiger partial charge in [0, 0.05) is 4.97 Å². The van der Waals surface area contributed by atoms with Gasteiger partial charge in [-0.25, -0.2) is 0 Å². The lowest BCUT2D eigenvalue weighted by atomic mass is 10.1. The Kier molecular flexibility index (Phi) is 2.48. The molecular formula is C5H10N3O3-. The summed E-state index contributed by atoms with van der Waals surface area (Å²) < 4.78 is 0. The summed E-state index contributed by atoms with van der Waals surface area (Å²) in [5.74, 6) is 0. The van der Waals surface area contributed by atoms with Crippen LogP contribution in [0.15, 0.2) is 5.28 Å². The number of nitrogens with zero attached hydrogens (tertiary/aromatic N) is 3. The van der Waals surface area contributed by atoms with Crippen LogP contribution in [0.5, 0.6) is 0 Å². The highest BCUT2D eigenvalue weighted by molar-refractivity contribution is 4.64. The van der Waals surface area contributed by atoms with Crippen LogP contribution >= 0.6 is 0 Å². The Balaban J connectivity index is 2.39. The minimum absolute atomic E-state index is 0.0336. The zero-order valence-electron chi connectivity index (χ0n) is 6.01. The zero-order valence-corrected chi connectivity index (χ0v) is 6.01. The van der Waals surface area contributed by atoms with Crippen LogP contribution < -0.4 is 0 Å². The number of hydrazine groups is 1. The summed E-state index contributed by atoms with van der Waals surface area (Å²) in [6, 6.07) is 0.